The number of aromatic nitrogens is 1. The van der Waals surface area contributed by atoms with Gasteiger partial charge in [-0.2, -0.15) is 0 Å². The van der Waals surface area contributed by atoms with Gasteiger partial charge in [0.2, 0.25) is 0 Å². The largest absolute Gasteiger partial charge is 0.357 e. The lowest BCUT2D eigenvalue weighted by atomic mass is 10.0. The van der Waals surface area contributed by atoms with E-state index in [2.05, 4.69) is 16.4 Å². The van der Waals surface area contributed by atoms with Crippen molar-refractivity contribution < 1.29 is 9.13 Å². The van der Waals surface area contributed by atoms with Crippen LogP contribution in [0.3, 0.4) is 0 Å². The molecule has 0 bridgehead atoms. The number of rotatable bonds is 4. The standard InChI is InChI=1S/C18H17N3O3S/c22-21(23)16-7-3-4-8-17(16)25(24)11-15-18-13(9-10-19-15)12-5-1-2-6-14(12)20-18/h1-8,15,19-20H,9-11H2/t15-,25-/m1/s1. The zero-order valence-corrected chi connectivity index (χ0v) is 14.2. The number of benzene rings is 2. The zero-order chi connectivity index (χ0) is 17.4. The molecule has 0 radical (unpaired) electrons. The van der Waals surface area contributed by atoms with Gasteiger partial charge in [0.15, 0.2) is 0 Å². The number of hydrogen-bond acceptors (Lipinski definition) is 4. The summed E-state index contributed by atoms with van der Waals surface area (Å²) in [6, 6.07) is 14.2. The maximum atomic E-state index is 12.8. The first-order valence-corrected chi connectivity index (χ1v) is 9.41. The molecule has 0 amide bonds. The highest BCUT2D eigenvalue weighted by molar-refractivity contribution is 7.85. The van der Waals surface area contributed by atoms with Crippen LogP contribution in [-0.4, -0.2) is 26.4 Å². The Balaban J connectivity index is 1.67. The minimum absolute atomic E-state index is 0.0893. The summed E-state index contributed by atoms with van der Waals surface area (Å²) >= 11 is 0. The molecule has 2 atom stereocenters. The summed E-state index contributed by atoms with van der Waals surface area (Å²) in [5.41, 5.74) is 3.27. The SMILES string of the molecule is O=[N+]([O-])c1ccccc1[S@](=O)C[C@H]1NCCc2c1[nH]c1ccccc21. The van der Waals surface area contributed by atoms with E-state index in [0.717, 1.165) is 24.2 Å². The van der Waals surface area contributed by atoms with Crippen molar-refractivity contribution in [3.8, 4) is 0 Å². The first-order chi connectivity index (χ1) is 12.1. The van der Waals surface area contributed by atoms with Gasteiger partial charge in [0.05, 0.1) is 21.8 Å². The average Bonchev–Trinajstić information content (AvgIpc) is 3.01. The first-order valence-electron chi connectivity index (χ1n) is 8.10. The van der Waals surface area contributed by atoms with Crippen molar-refractivity contribution in [3.05, 3.63) is 69.9 Å². The molecule has 7 heteroatoms. The van der Waals surface area contributed by atoms with Crippen molar-refractivity contribution in [2.75, 3.05) is 12.3 Å². The number of nitro benzene ring substituents is 1. The summed E-state index contributed by atoms with van der Waals surface area (Å²) in [4.78, 5) is 14.4. The molecule has 2 heterocycles. The maximum absolute atomic E-state index is 12.8. The van der Waals surface area contributed by atoms with E-state index in [1.165, 1.54) is 17.0 Å². The molecular weight excluding hydrogens is 338 g/mol. The van der Waals surface area contributed by atoms with Gasteiger partial charge in [-0.1, -0.05) is 30.3 Å². The van der Waals surface area contributed by atoms with Crippen LogP contribution < -0.4 is 5.32 Å². The number of aromatic amines is 1. The molecule has 0 saturated heterocycles. The van der Waals surface area contributed by atoms with Crippen molar-refractivity contribution in [2.24, 2.45) is 0 Å². The highest BCUT2D eigenvalue weighted by atomic mass is 32.2. The Morgan fingerprint density at radius 3 is 2.76 bits per heavy atom. The third-order valence-corrected chi connectivity index (χ3v) is 6.06. The average molecular weight is 355 g/mol. The van der Waals surface area contributed by atoms with E-state index in [1.807, 2.05) is 18.2 Å². The smallest absolute Gasteiger partial charge is 0.285 e. The van der Waals surface area contributed by atoms with Crippen LogP contribution in [0.5, 0.6) is 0 Å². The third-order valence-electron chi connectivity index (χ3n) is 4.59. The number of nitrogens with zero attached hydrogens (tertiary/aromatic N) is 1. The van der Waals surface area contributed by atoms with Gasteiger partial charge in [-0.15, -0.1) is 0 Å². The molecule has 6 nitrogen and oxygen atoms in total. The van der Waals surface area contributed by atoms with Gasteiger partial charge in [0.25, 0.3) is 5.69 Å². The number of nitrogens with one attached hydrogen (secondary N) is 2. The lowest BCUT2D eigenvalue weighted by Crippen LogP contribution is -2.33. The van der Waals surface area contributed by atoms with Crippen molar-refractivity contribution in [3.63, 3.8) is 0 Å². The molecule has 2 N–H and O–H groups in total. The number of nitro groups is 1. The number of H-pyrrole nitrogens is 1. The minimum Gasteiger partial charge on any atom is -0.357 e. The number of hydrogen-bond donors (Lipinski definition) is 2. The van der Waals surface area contributed by atoms with E-state index in [-0.39, 0.29) is 16.6 Å². The highest BCUT2D eigenvalue weighted by Crippen LogP contribution is 2.32. The second-order valence-electron chi connectivity index (χ2n) is 6.06. The molecule has 0 fully saturated rings. The Morgan fingerprint density at radius 2 is 1.92 bits per heavy atom. The van der Waals surface area contributed by atoms with Crippen LogP contribution in [0.15, 0.2) is 53.4 Å². The predicted octanol–water partition coefficient (Wildman–Crippen LogP) is 3.07. The Morgan fingerprint density at radius 1 is 1.16 bits per heavy atom. The van der Waals surface area contributed by atoms with Crippen LogP contribution in [0.4, 0.5) is 5.69 Å². The zero-order valence-electron chi connectivity index (χ0n) is 13.4. The molecule has 1 aliphatic heterocycles. The van der Waals surface area contributed by atoms with E-state index in [9.17, 15) is 14.3 Å². The third kappa shape index (κ3) is 2.85. The van der Waals surface area contributed by atoms with Crippen LogP contribution in [0.1, 0.15) is 17.3 Å². The lowest BCUT2D eigenvalue weighted by molar-refractivity contribution is -0.387. The van der Waals surface area contributed by atoms with Crippen molar-refractivity contribution >= 4 is 27.4 Å². The molecule has 1 aliphatic rings. The Labute approximate surface area is 146 Å². The highest BCUT2D eigenvalue weighted by Gasteiger charge is 2.27. The van der Waals surface area contributed by atoms with Crippen LogP contribution in [0.25, 0.3) is 10.9 Å². The van der Waals surface area contributed by atoms with E-state index >= 15 is 0 Å². The van der Waals surface area contributed by atoms with Crippen molar-refractivity contribution in [1.82, 2.24) is 10.3 Å². The van der Waals surface area contributed by atoms with Gasteiger partial charge >= 0.3 is 0 Å². The van der Waals surface area contributed by atoms with Crippen molar-refractivity contribution in [1.29, 1.82) is 0 Å². The van der Waals surface area contributed by atoms with Gasteiger partial charge in [-0.25, -0.2) is 0 Å². The molecule has 0 saturated carbocycles. The second kappa shape index (κ2) is 6.42. The van der Waals surface area contributed by atoms with E-state index in [1.54, 1.807) is 18.2 Å². The summed E-state index contributed by atoms with van der Waals surface area (Å²) in [5, 5.41) is 15.8. The molecule has 0 spiro atoms. The summed E-state index contributed by atoms with van der Waals surface area (Å²) in [6.45, 7) is 0.799. The summed E-state index contributed by atoms with van der Waals surface area (Å²) < 4.78 is 12.8. The van der Waals surface area contributed by atoms with Gasteiger partial charge in [-0.3, -0.25) is 14.3 Å². The van der Waals surface area contributed by atoms with E-state index in [0.29, 0.717) is 5.75 Å². The quantitative estimate of drug-likeness (QED) is 0.556. The molecular formula is C18H17N3O3S. The van der Waals surface area contributed by atoms with Crippen LogP contribution >= 0.6 is 0 Å². The molecule has 2 aromatic carbocycles. The molecule has 3 aromatic rings. The van der Waals surface area contributed by atoms with Gasteiger partial charge in [0, 0.05) is 28.4 Å². The van der Waals surface area contributed by atoms with Gasteiger partial charge < -0.3 is 10.3 Å². The van der Waals surface area contributed by atoms with Gasteiger partial charge in [-0.05, 0) is 30.7 Å². The predicted molar refractivity (Wildman–Crippen MR) is 97.1 cm³/mol. The molecule has 0 unspecified atom stereocenters. The molecule has 25 heavy (non-hydrogen) atoms. The number of fused-ring (bicyclic) bond motifs is 3. The Kier molecular flexibility index (Phi) is 4.10. The Bertz CT molecular complexity index is 983. The normalized spacial score (nSPS) is 18.0. The topological polar surface area (TPSA) is 88.0 Å². The monoisotopic (exact) mass is 355 g/mol. The molecule has 128 valence electrons. The van der Waals surface area contributed by atoms with Gasteiger partial charge in [0.1, 0.15) is 4.90 Å². The van der Waals surface area contributed by atoms with Crippen LogP contribution in [-0.2, 0) is 17.2 Å². The fourth-order valence-corrected chi connectivity index (χ4v) is 4.82. The van der Waals surface area contributed by atoms with Crippen LogP contribution in [0, 0.1) is 10.1 Å². The molecule has 1 aromatic heterocycles. The number of para-hydroxylation sites is 2. The maximum Gasteiger partial charge on any atom is 0.285 e. The molecule has 0 aliphatic carbocycles. The van der Waals surface area contributed by atoms with Crippen molar-refractivity contribution in [2.45, 2.75) is 17.4 Å². The minimum atomic E-state index is -1.47. The summed E-state index contributed by atoms with van der Waals surface area (Å²) in [7, 11) is -1.47. The fourth-order valence-electron chi connectivity index (χ4n) is 3.45. The lowest BCUT2D eigenvalue weighted by Gasteiger charge is -2.24. The summed E-state index contributed by atoms with van der Waals surface area (Å²) in [6.07, 6.45) is 0.911. The fraction of sp³-hybridized carbons (Fsp3) is 0.222. The molecule has 4 rings (SSSR count). The Hall–Kier alpha value is -2.51. The van der Waals surface area contributed by atoms with Crippen LogP contribution in [0.2, 0.25) is 0 Å². The van der Waals surface area contributed by atoms with E-state index in [4.69, 9.17) is 0 Å². The summed E-state index contributed by atoms with van der Waals surface area (Å²) in [5.74, 6) is 0.296. The van der Waals surface area contributed by atoms with E-state index < -0.39 is 15.7 Å². The second-order valence-corrected chi connectivity index (χ2v) is 7.52. The first kappa shape index (κ1) is 16.0.